The van der Waals surface area contributed by atoms with E-state index in [1.807, 2.05) is 11.8 Å². The summed E-state index contributed by atoms with van der Waals surface area (Å²) in [5.74, 6) is 2.30. The van der Waals surface area contributed by atoms with Crippen LogP contribution in [0.15, 0.2) is 36.4 Å². The van der Waals surface area contributed by atoms with Gasteiger partial charge in [-0.05, 0) is 69.2 Å². The van der Waals surface area contributed by atoms with E-state index in [-0.39, 0.29) is 11.9 Å². The van der Waals surface area contributed by atoms with Crippen LogP contribution in [-0.4, -0.2) is 33.9 Å². The number of aromatic nitrogens is 2. The van der Waals surface area contributed by atoms with E-state index in [2.05, 4.69) is 62.5 Å². The van der Waals surface area contributed by atoms with Gasteiger partial charge >= 0.3 is 0 Å². The van der Waals surface area contributed by atoms with Crippen molar-refractivity contribution < 1.29 is 4.79 Å². The third-order valence-corrected chi connectivity index (χ3v) is 6.43. The number of rotatable bonds is 4. The van der Waals surface area contributed by atoms with Gasteiger partial charge in [-0.3, -0.25) is 4.79 Å². The van der Waals surface area contributed by atoms with Crippen molar-refractivity contribution in [1.82, 2.24) is 14.9 Å². The van der Waals surface area contributed by atoms with E-state index in [1.54, 1.807) is 6.92 Å². The zero-order valence-electron chi connectivity index (χ0n) is 19.2. The number of anilines is 1. The van der Waals surface area contributed by atoms with Gasteiger partial charge in [-0.25, -0.2) is 9.97 Å². The molecular formula is C26H32N4O. The molecule has 0 unspecified atom stereocenters. The molecule has 31 heavy (non-hydrogen) atoms. The number of amides is 1. The lowest BCUT2D eigenvalue weighted by Crippen LogP contribution is -2.36. The summed E-state index contributed by atoms with van der Waals surface area (Å²) in [4.78, 5) is 23.2. The van der Waals surface area contributed by atoms with E-state index in [0.29, 0.717) is 5.92 Å². The summed E-state index contributed by atoms with van der Waals surface area (Å²) >= 11 is 0. The zero-order valence-corrected chi connectivity index (χ0v) is 19.2. The van der Waals surface area contributed by atoms with E-state index >= 15 is 0 Å². The number of nitrogens with zero attached hydrogens (tertiary/aromatic N) is 3. The molecule has 0 aliphatic carbocycles. The number of aryl methyl sites for hydroxylation is 3. The molecule has 0 radical (unpaired) electrons. The van der Waals surface area contributed by atoms with Gasteiger partial charge in [-0.15, -0.1) is 0 Å². The number of nitrogens with one attached hydrogen (secondary N) is 1. The predicted molar refractivity (Wildman–Crippen MR) is 126 cm³/mol. The molecular weight excluding hydrogens is 384 g/mol. The Kier molecular flexibility index (Phi) is 5.94. The number of benzene rings is 2. The fraction of sp³-hybridized carbons (Fsp3) is 0.423. The molecule has 1 aliphatic heterocycles. The molecule has 2 aromatic carbocycles. The van der Waals surface area contributed by atoms with E-state index in [9.17, 15) is 4.79 Å². The lowest BCUT2D eigenvalue weighted by Gasteiger charge is -2.32. The first kappa shape index (κ1) is 21.3. The SMILES string of the molecule is CC(=O)N1CCC(c2cc(C)c3nc(C)nc(N[C@H](C)c4cccc(C)c4)c3c2)CC1. The maximum absolute atomic E-state index is 11.7. The first-order valence-corrected chi connectivity index (χ1v) is 11.2. The topological polar surface area (TPSA) is 58.1 Å². The number of hydrogen-bond acceptors (Lipinski definition) is 4. The molecule has 1 N–H and O–H groups in total. The minimum atomic E-state index is 0.139. The Labute approximate surface area is 184 Å². The molecule has 5 heteroatoms. The lowest BCUT2D eigenvalue weighted by atomic mass is 9.87. The highest BCUT2D eigenvalue weighted by atomic mass is 16.2. The van der Waals surface area contributed by atoms with Crippen LogP contribution in [0, 0.1) is 20.8 Å². The molecule has 1 aliphatic rings. The summed E-state index contributed by atoms with van der Waals surface area (Å²) in [6, 6.07) is 13.3. The van der Waals surface area contributed by atoms with Crippen molar-refractivity contribution >= 4 is 22.6 Å². The summed E-state index contributed by atoms with van der Waals surface area (Å²) in [6.45, 7) is 11.7. The Hall–Kier alpha value is -2.95. The highest BCUT2D eigenvalue weighted by Gasteiger charge is 2.23. The maximum Gasteiger partial charge on any atom is 0.219 e. The van der Waals surface area contributed by atoms with Crippen LogP contribution < -0.4 is 5.32 Å². The molecule has 1 fully saturated rings. The minimum Gasteiger partial charge on any atom is -0.363 e. The first-order valence-electron chi connectivity index (χ1n) is 11.2. The van der Waals surface area contributed by atoms with Gasteiger partial charge in [0.15, 0.2) is 0 Å². The molecule has 0 spiro atoms. The van der Waals surface area contributed by atoms with Crippen molar-refractivity contribution in [1.29, 1.82) is 0 Å². The van der Waals surface area contributed by atoms with Crippen LogP contribution in [0.2, 0.25) is 0 Å². The van der Waals surface area contributed by atoms with Crippen LogP contribution in [0.5, 0.6) is 0 Å². The van der Waals surface area contributed by atoms with Gasteiger partial charge in [0.1, 0.15) is 11.6 Å². The van der Waals surface area contributed by atoms with Gasteiger partial charge in [-0.1, -0.05) is 35.9 Å². The van der Waals surface area contributed by atoms with Gasteiger partial charge in [0.05, 0.1) is 5.52 Å². The first-order chi connectivity index (χ1) is 14.8. The van der Waals surface area contributed by atoms with E-state index < -0.39 is 0 Å². The highest BCUT2D eigenvalue weighted by Crippen LogP contribution is 2.34. The monoisotopic (exact) mass is 416 g/mol. The second kappa shape index (κ2) is 8.66. The van der Waals surface area contributed by atoms with Gasteiger partial charge < -0.3 is 10.2 Å². The number of carbonyl (C=O) groups excluding carboxylic acids is 1. The Morgan fingerprint density at radius 1 is 1.10 bits per heavy atom. The van der Waals surface area contributed by atoms with Crippen molar-refractivity contribution in [2.75, 3.05) is 18.4 Å². The minimum absolute atomic E-state index is 0.139. The van der Waals surface area contributed by atoms with Crippen LogP contribution in [0.25, 0.3) is 10.9 Å². The highest BCUT2D eigenvalue weighted by molar-refractivity contribution is 5.92. The van der Waals surface area contributed by atoms with Gasteiger partial charge in [0.25, 0.3) is 0 Å². The Morgan fingerprint density at radius 3 is 2.52 bits per heavy atom. The summed E-state index contributed by atoms with van der Waals surface area (Å²) in [6.07, 6.45) is 2.00. The van der Waals surface area contributed by atoms with E-state index in [4.69, 9.17) is 9.97 Å². The number of carbonyl (C=O) groups is 1. The van der Waals surface area contributed by atoms with Crippen molar-refractivity contribution in [3.8, 4) is 0 Å². The van der Waals surface area contributed by atoms with Crippen LogP contribution in [0.4, 0.5) is 5.82 Å². The molecule has 1 amide bonds. The van der Waals surface area contributed by atoms with Crippen molar-refractivity contribution in [3.05, 3.63) is 64.5 Å². The normalized spacial score (nSPS) is 15.8. The fourth-order valence-corrected chi connectivity index (χ4v) is 4.65. The zero-order chi connectivity index (χ0) is 22.1. The van der Waals surface area contributed by atoms with Crippen LogP contribution >= 0.6 is 0 Å². The van der Waals surface area contributed by atoms with Gasteiger partial charge in [0, 0.05) is 31.4 Å². The van der Waals surface area contributed by atoms with Crippen molar-refractivity contribution in [2.24, 2.45) is 0 Å². The quantitative estimate of drug-likeness (QED) is 0.614. The Balaban J connectivity index is 1.68. The van der Waals surface area contributed by atoms with Gasteiger partial charge in [0.2, 0.25) is 5.91 Å². The number of likely N-dealkylation sites (tertiary alicyclic amines) is 1. The molecule has 0 saturated carbocycles. The summed E-state index contributed by atoms with van der Waals surface area (Å²) in [7, 11) is 0. The van der Waals surface area contributed by atoms with Crippen molar-refractivity contribution in [3.63, 3.8) is 0 Å². The predicted octanol–water partition coefficient (Wildman–Crippen LogP) is 5.45. The largest absolute Gasteiger partial charge is 0.363 e. The summed E-state index contributed by atoms with van der Waals surface area (Å²) in [5.41, 5.74) is 6.01. The maximum atomic E-state index is 11.7. The fourth-order valence-electron chi connectivity index (χ4n) is 4.65. The number of hydrogen-bond donors (Lipinski definition) is 1. The molecule has 162 valence electrons. The molecule has 0 bridgehead atoms. The van der Waals surface area contributed by atoms with Gasteiger partial charge in [-0.2, -0.15) is 0 Å². The molecule has 4 rings (SSSR count). The van der Waals surface area contributed by atoms with E-state index in [0.717, 1.165) is 48.5 Å². The Bertz CT molecular complexity index is 1120. The average molecular weight is 417 g/mol. The molecule has 5 nitrogen and oxygen atoms in total. The standard InChI is InChI=1S/C26H32N4O/c1-16-7-6-8-22(13-16)18(3)27-26-24-15-23(14-17(2)25(24)28-19(4)29-26)21-9-11-30(12-10-21)20(5)31/h6-8,13-15,18,21H,9-12H2,1-5H3,(H,27,28,29)/t18-/m1/s1. The smallest absolute Gasteiger partial charge is 0.219 e. The molecule has 1 aromatic heterocycles. The third-order valence-electron chi connectivity index (χ3n) is 6.43. The second-order valence-corrected chi connectivity index (χ2v) is 8.91. The third kappa shape index (κ3) is 4.55. The number of fused-ring (bicyclic) bond motifs is 1. The average Bonchev–Trinajstić information content (AvgIpc) is 2.74. The molecule has 1 saturated heterocycles. The Morgan fingerprint density at radius 2 is 1.84 bits per heavy atom. The molecule has 3 aromatic rings. The second-order valence-electron chi connectivity index (χ2n) is 8.91. The number of piperidine rings is 1. The molecule has 1 atom stereocenters. The lowest BCUT2D eigenvalue weighted by molar-refractivity contribution is -0.129. The van der Waals surface area contributed by atoms with Crippen molar-refractivity contribution in [2.45, 2.75) is 59.4 Å². The van der Waals surface area contributed by atoms with E-state index in [1.165, 1.54) is 22.3 Å². The molecule has 2 heterocycles. The van der Waals surface area contributed by atoms with Crippen LogP contribution in [-0.2, 0) is 4.79 Å². The summed E-state index contributed by atoms with van der Waals surface area (Å²) < 4.78 is 0. The van der Waals surface area contributed by atoms with Crippen LogP contribution in [0.1, 0.15) is 66.7 Å². The van der Waals surface area contributed by atoms with Crippen LogP contribution in [0.3, 0.4) is 0 Å². The summed E-state index contributed by atoms with van der Waals surface area (Å²) in [5, 5.41) is 4.72.